The molecule has 3 N–H and O–H groups in total. The van der Waals surface area contributed by atoms with Crippen LogP contribution in [0.4, 0.5) is 0 Å². The van der Waals surface area contributed by atoms with Crippen molar-refractivity contribution < 1.29 is 12.8 Å². The Kier molecular flexibility index (Phi) is 5.14. The number of hydrogen-bond donors (Lipinski definition) is 2. The average molecular weight is 289 g/mol. The first kappa shape index (κ1) is 16.2. The summed E-state index contributed by atoms with van der Waals surface area (Å²) in [6.07, 6.45) is 0. The van der Waals surface area contributed by atoms with Crippen LogP contribution in [0.2, 0.25) is 0 Å². The topological polar surface area (TPSA) is 88.6 Å². The first-order valence-corrected chi connectivity index (χ1v) is 7.63. The first-order valence-electron chi connectivity index (χ1n) is 6.15. The molecule has 0 amide bonds. The standard InChI is InChI=1S/C12H23N3O3S/c1-8(7-15(4)5)14-19(16,17)12-10(3)18-9(2)11(12)6-13/h8,14H,6-7,13H2,1-5H3. The lowest BCUT2D eigenvalue weighted by Gasteiger charge is -2.18. The molecule has 0 aliphatic carbocycles. The third-order valence-electron chi connectivity index (χ3n) is 2.79. The number of rotatable bonds is 6. The molecular weight excluding hydrogens is 266 g/mol. The molecule has 19 heavy (non-hydrogen) atoms. The lowest BCUT2D eigenvalue weighted by molar-refractivity contribution is 0.370. The van der Waals surface area contributed by atoms with Gasteiger partial charge in [-0.1, -0.05) is 0 Å². The highest BCUT2D eigenvalue weighted by atomic mass is 32.2. The largest absolute Gasteiger partial charge is 0.465 e. The van der Waals surface area contributed by atoms with Crippen LogP contribution in [0.15, 0.2) is 9.31 Å². The van der Waals surface area contributed by atoms with Crippen LogP contribution in [0.1, 0.15) is 24.0 Å². The Labute approximate surface area is 115 Å². The molecule has 1 rings (SSSR count). The zero-order valence-electron chi connectivity index (χ0n) is 12.1. The summed E-state index contributed by atoms with van der Waals surface area (Å²) in [6, 6.07) is -0.194. The summed E-state index contributed by atoms with van der Waals surface area (Å²) in [5, 5.41) is 0. The van der Waals surface area contributed by atoms with Crippen molar-refractivity contribution in [3.05, 3.63) is 17.1 Å². The van der Waals surface area contributed by atoms with Crippen molar-refractivity contribution in [3.8, 4) is 0 Å². The maximum atomic E-state index is 12.4. The second-order valence-corrected chi connectivity index (χ2v) is 6.66. The van der Waals surface area contributed by atoms with Crippen LogP contribution >= 0.6 is 0 Å². The summed E-state index contributed by atoms with van der Waals surface area (Å²) in [5.41, 5.74) is 6.16. The lowest BCUT2D eigenvalue weighted by Crippen LogP contribution is -2.39. The molecule has 1 unspecified atom stereocenters. The van der Waals surface area contributed by atoms with Crippen molar-refractivity contribution in [1.29, 1.82) is 0 Å². The van der Waals surface area contributed by atoms with Gasteiger partial charge in [0.05, 0.1) is 0 Å². The van der Waals surface area contributed by atoms with Crippen LogP contribution in [0.3, 0.4) is 0 Å². The zero-order chi connectivity index (χ0) is 14.8. The molecule has 0 aliphatic heterocycles. The molecule has 0 aliphatic rings. The van der Waals surface area contributed by atoms with Gasteiger partial charge in [-0.05, 0) is 34.9 Å². The van der Waals surface area contributed by atoms with Crippen LogP contribution in [-0.2, 0) is 16.6 Å². The number of likely N-dealkylation sites (N-methyl/N-ethyl adjacent to an activating group) is 1. The van der Waals surface area contributed by atoms with Gasteiger partial charge in [-0.15, -0.1) is 0 Å². The minimum atomic E-state index is -3.61. The Morgan fingerprint density at radius 3 is 2.37 bits per heavy atom. The van der Waals surface area contributed by atoms with E-state index < -0.39 is 10.0 Å². The smallest absolute Gasteiger partial charge is 0.244 e. The van der Waals surface area contributed by atoms with Crippen molar-refractivity contribution >= 4 is 10.0 Å². The second kappa shape index (κ2) is 6.04. The van der Waals surface area contributed by atoms with Gasteiger partial charge in [-0.25, -0.2) is 13.1 Å². The average Bonchev–Trinajstić information content (AvgIpc) is 2.50. The van der Waals surface area contributed by atoms with Gasteiger partial charge in [0, 0.05) is 24.7 Å². The summed E-state index contributed by atoms with van der Waals surface area (Å²) < 4.78 is 32.8. The van der Waals surface area contributed by atoms with E-state index in [4.69, 9.17) is 10.2 Å². The van der Waals surface area contributed by atoms with Crippen LogP contribution in [0.25, 0.3) is 0 Å². The Morgan fingerprint density at radius 1 is 1.32 bits per heavy atom. The molecule has 1 aromatic rings. The fraction of sp³-hybridized carbons (Fsp3) is 0.667. The molecule has 0 radical (unpaired) electrons. The van der Waals surface area contributed by atoms with Gasteiger partial charge in [0.2, 0.25) is 10.0 Å². The summed E-state index contributed by atoms with van der Waals surface area (Å²) in [7, 11) is 0.176. The zero-order valence-corrected chi connectivity index (χ0v) is 13.0. The van der Waals surface area contributed by atoms with Crippen molar-refractivity contribution in [2.75, 3.05) is 20.6 Å². The van der Waals surface area contributed by atoms with Gasteiger partial charge in [0.15, 0.2) is 0 Å². The van der Waals surface area contributed by atoms with E-state index in [1.807, 2.05) is 25.9 Å². The van der Waals surface area contributed by atoms with E-state index >= 15 is 0 Å². The minimum Gasteiger partial charge on any atom is -0.465 e. The van der Waals surface area contributed by atoms with Crippen molar-refractivity contribution in [2.45, 2.75) is 38.3 Å². The molecule has 0 aromatic carbocycles. The third-order valence-corrected chi connectivity index (χ3v) is 4.58. The molecule has 0 fully saturated rings. The number of nitrogens with two attached hydrogens (primary N) is 1. The van der Waals surface area contributed by atoms with Crippen LogP contribution in [0, 0.1) is 13.8 Å². The Morgan fingerprint density at radius 2 is 1.89 bits per heavy atom. The van der Waals surface area contributed by atoms with Crippen LogP contribution in [0.5, 0.6) is 0 Å². The van der Waals surface area contributed by atoms with E-state index in [1.54, 1.807) is 13.8 Å². The maximum absolute atomic E-state index is 12.4. The summed E-state index contributed by atoms with van der Waals surface area (Å²) in [4.78, 5) is 2.10. The number of sulfonamides is 1. The number of aryl methyl sites for hydroxylation is 2. The van der Waals surface area contributed by atoms with E-state index in [1.165, 1.54) is 0 Å². The third kappa shape index (κ3) is 3.79. The summed E-state index contributed by atoms with van der Waals surface area (Å²) in [5.74, 6) is 0.933. The van der Waals surface area contributed by atoms with Gasteiger partial charge < -0.3 is 15.1 Å². The fourth-order valence-corrected chi connectivity index (χ4v) is 3.90. The molecule has 1 aromatic heterocycles. The maximum Gasteiger partial charge on any atom is 0.244 e. The number of nitrogens with one attached hydrogen (secondary N) is 1. The van der Waals surface area contributed by atoms with Gasteiger partial charge in [0.1, 0.15) is 16.4 Å². The highest BCUT2D eigenvalue weighted by Gasteiger charge is 2.27. The highest BCUT2D eigenvalue weighted by Crippen LogP contribution is 2.26. The van der Waals surface area contributed by atoms with Crippen LogP contribution in [-0.4, -0.2) is 40.0 Å². The normalized spacial score (nSPS) is 14.1. The predicted molar refractivity (Wildman–Crippen MR) is 74.4 cm³/mol. The SMILES string of the molecule is Cc1oc(C)c(S(=O)(=O)NC(C)CN(C)C)c1CN. The van der Waals surface area contributed by atoms with E-state index in [0.717, 1.165) is 0 Å². The Bertz CT molecular complexity index is 535. The van der Waals surface area contributed by atoms with Crippen molar-refractivity contribution in [2.24, 2.45) is 5.73 Å². The second-order valence-electron chi connectivity index (χ2n) is 5.01. The molecule has 110 valence electrons. The van der Waals surface area contributed by atoms with E-state index in [2.05, 4.69) is 4.72 Å². The number of hydrogen-bond acceptors (Lipinski definition) is 5. The molecule has 0 saturated carbocycles. The Hall–Kier alpha value is -0.890. The van der Waals surface area contributed by atoms with E-state index in [-0.39, 0.29) is 17.5 Å². The molecule has 0 spiro atoms. The predicted octanol–water partition coefficient (Wildman–Crippen LogP) is 0.584. The van der Waals surface area contributed by atoms with Crippen molar-refractivity contribution in [1.82, 2.24) is 9.62 Å². The van der Waals surface area contributed by atoms with E-state index in [0.29, 0.717) is 23.6 Å². The van der Waals surface area contributed by atoms with Gasteiger partial charge in [-0.2, -0.15) is 0 Å². The molecule has 0 saturated heterocycles. The summed E-state index contributed by atoms with van der Waals surface area (Å²) in [6.45, 7) is 5.94. The molecule has 1 atom stereocenters. The molecule has 6 nitrogen and oxygen atoms in total. The van der Waals surface area contributed by atoms with Gasteiger partial charge >= 0.3 is 0 Å². The summed E-state index contributed by atoms with van der Waals surface area (Å²) >= 11 is 0. The van der Waals surface area contributed by atoms with Crippen molar-refractivity contribution in [3.63, 3.8) is 0 Å². The van der Waals surface area contributed by atoms with E-state index in [9.17, 15) is 8.42 Å². The minimum absolute atomic E-state index is 0.140. The quantitative estimate of drug-likeness (QED) is 0.800. The Balaban J connectivity index is 3.07. The monoisotopic (exact) mass is 289 g/mol. The molecule has 1 heterocycles. The highest BCUT2D eigenvalue weighted by molar-refractivity contribution is 7.89. The first-order chi connectivity index (χ1) is 8.69. The number of furan rings is 1. The van der Waals surface area contributed by atoms with Gasteiger partial charge in [-0.3, -0.25) is 0 Å². The van der Waals surface area contributed by atoms with Gasteiger partial charge in [0.25, 0.3) is 0 Å². The number of nitrogens with zero attached hydrogens (tertiary/aromatic N) is 1. The lowest BCUT2D eigenvalue weighted by atomic mass is 10.2. The molecule has 0 bridgehead atoms. The molecule has 7 heteroatoms. The fourth-order valence-electron chi connectivity index (χ4n) is 2.21. The molecular formula is C12H23N3O3S. The van der Waals surface area contributed by atoms with Crippen LogP contribution < -0.4 is 10.5 Å².